The van der Waals surface area contributed by atoms with Crippen LogP contribution in [0.2, 0.25) is 0 Å². The average molecular weight is 217 g/mol. The summed E-state index contributed by atoms with van der Waals surface area (Å²) in [7, 11) is 0. The number of morpholine rings is 1. The van der Waals surface area contributed by atoms with E-state index in [-0.39, 0.29) is 0 Å². The lowest BCUT2D eigenvalue weighted by atomic mass is 10.1. The summed E-state index contributed by atoms with van der Waals surface area (Å²) in [6.07, 6.45) is 6.80. The van der Waals surface area contributed by atoms with Crippen LogP contribution >= 0.6 is 0 Å². The van der Waals surface area contributed by atoms with E-state index in [0.29, 0.717) is 6.04 Å². The summed E-state index contributed by atoms with van der Waals surface area (Å²) in [6.45, 7) is 2.57. The number of pyridine rings is 1. The largest absolute Gasteiger partial charge is 0.379 e. The van der Waals surface area contributed by atoms with Gasteiger partial charge in [-0.15, -0.1) is 0 Å². The fourth-order valence-electron chi connectivity index (χ4n) is 2.20. The smallest absolute Gasteiger partial charge is 0.0623 e. The molecule has 0 aliphatic carbocycles. The van der Waals surface area contributed by atoms with Gasteiger partial charge in [0.2, 0.25) is 0 Å². The van der Waals surface area contributed by atoms with Gasteiger partial charge in [-0.1, -0.05) is 0 Å². The van der Waals surface area contributed by atoms with Gasteiger partial charge in [-0.2, -0.15) is 0 Å². The molecule has 1 atom stereocenters. The second-order valence-electron chi connectivity index (χ2n) is 4.17. The van der Waals surface area contributed by atoms with Crippen molar-refractivity contribution in [2.45, 2.75) is 12.5 Å². The van der Waals surface area contributed by atoms with Crippen LogP contribution < -0.4 is 5.32 Å². The number of rotatable bonds is 2. The highest BCUT2D eigenvalue weighted by Crippen LogP contribution is 2.18. The van der Waals surface area contributed by atoms with E-state index in [2.05, 4.69) is 21.5 Å². The molecule has 0 saturated carbocycles. The summed E-state index contributed by atoms with van der Waals surface area (Å²) in [5.74, 6) is 0. The molecule has 84 valence electrons. The molecule has 0 radical (unpaired) electrons. The second-order valence-corrected chi connectivity index (χ2v) is 4.17. The van der Waals surface area contributed by atoms with Crippen LogP contribution in [0.3, 0.4) is 0 Å². The van der Waals surface area contributed by atoms with E-state index >= 15 is 0 Å². The maximum absolute atomic E-state index is 5.45. The monoisotopic (exact) mass is 217 g/mol. The van der Waals surface area contributed by atoms with E-state index in [1.807, 2.05) is 18.5 Å². The first-order chi connectivity index (χ1) is 7.93. The van der Waals surface area contributed by atoms with Crippen LogP contribution in [0.5, 0.6) is 0 Å². The van der Waals surface area contributed by atoms with E-state index in [0.717, 1.165) is 31.7 Å². The Balaban J connectivity index is 1.83. The molecule has 4 nitrogen and oxygen atoms in total. The molecule has 3 rings (SSSR count). The van der Waals surface area contributed by atoms with Crippen LogP contribution in [0.1, 0.15) is 5.56 Å². The van der Waals surface area contributed by atoms with E-state index in [9.17, 15) is 0 Å². The fourth-order valence-corrected chi connectivity index (χ4v) is 2.20. The lowest BCUT2D eigenvalue weighted by Crippen LogP contribution is -2.42. The van der Waals surface area contributed by atoms with Crippen LogP contribution in [0.25, 0.3) is 10.9 Å². The van der Waals surface area contributed by atoms with Crippen LogP contribution in [0, 0.1) is 0 Å². The van der Waals surface area contributed by atoms with Crippen molar-refractivity contribution in [3.05, 3.63) is 30.2 Å². The van der Waals surface area contributed by atoms with Gasteiger partial charge in [-0.3, -0.25) is 4.98 Å². The Labute approximate surface area is 94.0 Å². The first kappa shape index (κ1) is 9.81. The number of fused-ring (bicyclic) bond motifs is 1. The number of nitrogens with one attached hydrogen (secondary N) is 2. The lowest BCUT2D eigenvalue weighted by Gasteiger charge is -2.23. The molecule has 1 fully saturated rings. The average Bonchev–Trinajstić information content (AvgIpc) is 2.74. The zero-order valence-electron chi connectivity index (χ0n) is 9.07. The molecule has 16 heavy (non-hydrogen) atoms. The quantitative estimate of drug-likeness (QED) is 0.791. The Bertz CT molecular complexity index is 474. The Morgan fingerprint density at radius 1 is 1.50 bits per heavy atom. The predicted molar refractivity (Wildman–Crippen MR) is 62.4 cm³/mol. The zero-order chi connectivity index (χ0) is 10.8. The first-order valence-electron chi connectivity index (χ1n) is 5.64. The molecule has 0 bridgehead atoms. The van der Waals surface area contributed by atoms with E-state index < -0.39 is 0 Å². The molecule has 0 unspecified atom stereocenters. The second kappa shape index (κ2) is 4.23. The third-order valence-electron chi connectivity index (χ3n) is 3.03. The van der Waals surface area contributed by atoms with Gasteiger partial charge >= 0.3 is 0 Å². The number of H-pyrrole nitrogens is 1. The van der Waals surface area contributed by atoms with Crippen molar-refractivity contribution in [1.29, 1.82) is 0 Å². The molecule has 2 aromatic rings. The molecule has 2 N–H and O–H groups in total. The molecular formula is C12H15N3O. The van der Waals surface area contributed by atoms with Gasteiger partial charge in [0.25, 0.3) is 0 Å². The van der Waals surface area contributed by atoms with E-state index in [1.54, 1.807) is 0 Å². The standard InChI is InChI=1S/C12H15N3O/c1-2-13-7-11-9(6-15-12(1)11)5-10-8-16-4-3-14-10/h1-2,6-7,10,14-15H,3-5,8H2/t10-/m0/s1. The van der Waals surface area contributed by atoms with Gasteiger partial charge in [0.15, 0.2) is 0 Å². The normalized spacial score (nSPS) is 21.4. The fraction of sp³-hybridized carbons (Fsp3) is 0.417. The zero-order valence-corrected chi connectivity index (χ0v) is 9.07. The van der Waals surface area contributed by atoms with Gasteiger partial charge in [0.1, 0.15) is 0 Å². The minimum absolute atomic E-state index is 0.424. The highest BCUT2D eigenvalue weighted by atomic mass is 16.5. The van der Waals surface area contributed by atoms with Crippen molar-refractivity contribution in [2.75, 3.05) is 19.8 Å². The summed E-state index contributed by atoms with van der Waals surface area (Å²) < 4.78 is 5.45. The Morgan fingerprint density at radius 3 is 3.38 bits per heavy atom. The lowest BCUT2D eigenvalue weighted by molar-refractivity contribution is 0.0771. The van der Waals surface area contributed by atoms with Crippen molar-refractivity contribution >= 4 is 10.9 Å². The number of aromatic nitrogens is 2. The topological polar surface area (TPSA) is 49.9 Å². The summed E-state index contributed by atoms with van der Waals surface area (Å²) in [6, 6.07) is 2.43. The maximum Gasteiger partial charge on any atom is 0.0623 e. The van der Waals surface area contributed by atoms with Crippen molar-refractivity contribution in [3.8, 4) is 0 Å². The maximum atomic E-state index is 5.45. The highest BCUT2D eigenvalue weighted by molar-refractivity contribution is 5.82. The molecule has 2 aromatic heterocycles. The Kier molecular flexibility index (Phi) is 2.60. The van der Waals surface area contributed by atoms with Gasteiger partial charge < -0.3 is 15.0 Å². The third kappa shape index (κ3) is 1.81. The molecule has 3 heterocycles. The van der Waals surface area contributed by atoms with Crippen molar-refractivity contribution in [3.63, 3.8) is 0 Å². The highest BCUT2D eigenvalue weighted by Gasteiger charge is 2.15. The summed E-state index contributed by atoms with van der Waals surface area (Å²) in [4.78, 5) is 7.44. The van der Waals surface area contributed by atoms with Crippen LogP contribution in [0.15, 0.2) is 24.7 Å². The molecule has 1 aliphatic rings. The molecule has 1 saturated heterocycles. The van der Waals surface area contributed by atoms with Crippen molar-refractivity contribution < 1.29 is 4.74 Å². The Morgan fingerprint density at radius 2 is 2.50 bits per heavy atom. The number of aromatic amines is 1. The number of hydrogen-bond acceptors (Lipinski definition) is 3. The van der Waals surface area contributed by atoms with Gasteiger partial charge in [0, 0.05) is 42.1 Å². The first-order valence-corrected chi connectivity index (χ1v) is 5.64. The molecular weight excluding hydrogens is 202 g/mol. The Hall–Kier alpha value is -1.39. The predicted octanol–water partition coefficient (Wildman–Crippen LogP) is 1.09. The molecule has 0 amide bonds. The molecule has 1 aliphatic heterocycles. The van der Waals surface area contributed by atoms with Crippen LogP contribution in [-0.2, 0) is 11.2 Å². The third-order valence-corrected chi connectivity index (χ3v) is 3.03. The van der Waals surface area contributed by atoms with Crippen molar-refractivity contribution in [2.24, 2.45) is 0 Å². The van der Waals surface area contributed by atoms with Crippen LogP contribution in [0.4, 0.5) is 0 Å². The van der Waals surface area contributed by atoms with E-state index in [1.165, 1.54) is 10.9 Å². The van der Waals surface area contributed by atoms with Gasteiger partial charge in [-0.05, 0) is 18.1 Å². The number of hydrogen-bond donors (Lipinski definition) is 2. The number of ether oxygens (including phenoxy) is 1. The molecule has 0 aromatic carbocycles. The van der Waals surface area contributed by atoms with Gasteiger partial charge in [-0.25, -0.2) is 0 Å². The minimum atomic E-state index is 0.424. The number of nitrogens with zero attached hydrogens (tertiary/aromatic N) is 1. The SMILES string of the molecule is c1cc2[nH]cc(C[C@H]3COCCN3)c2cn1. The summed E-state index contributed by atoms with van der Waals surface area (Å²) in [5, 5.41) is 4.68. The van der Waals surface area contributed by atoms with E-state index in [4.69, 9.17) is 4.74 Å². The molecule has 0 spiro atoms. The summed E-state index contributed by atoms with van der Waals surface area (Å²) in [5.41, 5.74) is 2.47. The van der Waals surface area contributed by atoms with Crippen LogP contribution in [-0.4, -0.2) is 35.8 Å². The van der Waals surface area contributed by atoms with Crippen molar-refractivity contribution in [1.82, 2.24) is 15.3 Å². The minimum Gasteiger partial charge on any atom is -0.379 e. The molecule has 4 heteroatoms. The van der Waals surface area contributed by atoms with Gasteiger partial charge in [0.05, 0.1) is 13.2 Å². The summed E-state index contributed by atoms with van der Waals surface area (Å²) >= 11 is 0.